The molecule has 0 unspecified atom stereocenters. The van der Waals surface area contributed by atoms with Crippen molar-refractivity contribution >= 4 is 23.2 Å². The molecule has 0 bridgehead atoms. The first kappa shape index (κ1) is 16.2. The Hall–Kier alpha value is -3.13. The van der Waals surface area contributed by atoms with E-state index < -0.39 is 5.91 Å². The first-order valence-corrected chi connectivity index (χ1v) is 7.15. The molecule has 5 heteroatoms. The number of hydrogen-bond donors (Lipinski definition) is 2. The summed E-state index contributed by atoms with van der Waals surface area (Å²) in [5.74, 6) is -0.778. The summed E-state index contributed by atoms with van der Waals surface area (Å²) >= 11 is 0. The highest BCUT2D eigenvalue weighted by atomic mass is 16.2. The van der Waals surface area contributed by atoms with E-state index in [-0.39, 0.29) is 12.3 Å². The summed E-state index contributed by atoms with van der Waals surface area (Å²) in [4.78, 5) is 23.8. The zero-order valence-corrected chi connectivity index (χ0v) is 13.0. The van der Waals surface area contributed by atoms with Crippen molar-refractivity contribution in [2.45, 2.75) is 20.3 Å². The molecule has 0 fully saturated rings. The molecule has 0 aliphatic carbocycles. The van der Waals surface area contributed by atoms with Crippen LogP contribution in [0, 0.1) is 25.2 Å². The van der Waals surface area contributed by atoms with Crippen molar-refractivity contribution in [3.05, 3.63) is 59.2 Å². The Morgan fingerprint density at radius 2 is 1.65 bits per heavy atom. The van der Waals surface area contributed by atoms with Gasteiger partial charge in [-0.2, -0.15) is 5.26 Å². The minimum atomic E-state index is -0.406. The number of carbonyl (C=O) groups is 2. The van der Waals surface area contributed by atoms with Crippen LogP contribution in [0.5, 0.6) is 0 Å². The zero-order valence-electron chi connectivity index (χ0n) is 13.0. The van der Waals surface area contributed by atoms with E-state index >= 15 is 0 Å². The van der Waals surface area contributed by atoms with Crippen LogP contribution < -0.4 is 10.6 Å². The van der Waals surface area contributed by atoms with E-state index in [0.29, 0.717) is 16.9 Å². The largest absolute Gasteiger partial charge is 0.326 e. The summed E-state index contributed by atoms with van der Waals surface area (Å²) < 4.78 is 0. The Kier molecular flexibility index (Phi) is 5.11. The van der Waals surface area contributed by atoms with E-state index in [1.165, 1.54) is 0 Å². The lowest BCUT2D eigenvalue weighted by atomic mass is 10.1. The van der Waals surface area contributed by atoms with Gasteiger partial charge in [0.25, 0.3) is 0 Å². The monoisotopic (exact) mass is 307 g/mol. The Balaban J connectivity index is 1.91. The predicted molar refractivity (Wildman–Crippen MR) is 88.9 cm³/mol. The average molecular weight is 307 g/mol. The van der Waals surface area contributed by atoms with Gasteiger partial charge >= 0.3 is 0 Å². The van der Waals surface area contributed by atoms with E-state index in [9.17, 15) is 9.59 Å². The van der Waals surface area contributed by atoms with Gasteiger partial charge in [-0.3, -0.25) is 9.59 Å². The van der Waals surface area contributed by atoms with Crippen molar-refractivity contribution in [1.82, 2.24) is 0 Å². The summed E-state index contributed by atoms with van der Waals surface area (Å²) in [6.07, 6.45) is -0.271. The molecule has 2 rings (SSSR count). The van der Waals surface area contributed by atoms with E-state index in [1.54, 1.807) is 24.3 Å². The minimum Gasteiger partial charge on any atom is -0.326 e. The lowest BCUT2D eigenvalue weighted by Gasteiger charge is -2.09. The molecule has 5 nitrogen and oxygen atoms in total. The van der Waals surface area contributed by atoms with Crippen molar-refractivity contribution in [2.75, 3.05) is 10.6 Å². The number of benzene rings is 2. The molecular weight excluding hydrogens is 290 g/mol. The number of carbonyl (C=O) groups excluding carboxylic acids is 2. The minimum absolute atomic E-state index is 0.271. The van der Waals surface area contributed by atoms with Gasteiger partial charge in [0.1, 0.15) is 6.42 Å². The molecule has 0 aromatic heterocycles. The third-order valence-corrected chi connectivity index (χ3v) is 3.27. The maximum Gasteiger partial charge on any atom is 0.233 e. The molecule has 2 amide bonds. The van der Waals surface area contributed by atoms with Crippen LogP contribution in [-0.2, 0) is 9.59 Å². The first-order valence-electron chi connectivity index (χ1n) is 7.15. The van der Waals surface area contributed by atoms with Gasteiger partial charge < -0.3 is 10.6 Å². The van der Waals surface area contributed by atoms with Crippen LogP contribution in [0.4, 0.5) is 11.4 Å². The van der Waals surface area contributed by atoms with Crippen LogP contribution in [0.2, 0.25) is 0 Å². The fourth-order valence-corrected chi connectivity index (χ4v) is 2.13. The van der Waals surface area contributed by atoms with Gasteiger partial charge in [0.15, 0.2) is 0 Å². The highest BCUT2D eigenvalue weighted by Gasteiger charge is 2.11. The van der Waals surface area contributed by atoms with Crippen LogP contribution in [0.15, 0.2) is 42.5 Å². The van der Waals surface area contributed by atoms with Gasteiger partial charge in [-0.1, -0.05) is 17.7 Å². The van der Waals surface area contributed by atoms with Crippen molar-refractivity contribution in [3.8, 4) is 6.07 Å². The van der Waals surface area contributed by atoms with E-state index in [0.717, 1.165) is 11.1 Å². The van der Waals surface area contributed by atoms with E-state index in [1.807, 2.05) is 38.1 Å². The molecule has 0 saturated heterocycles. The summed E-state index contributed by atoms with van der Waals surface area (Å²) in [5, 5.41) is 14.1. The molecule has 0 aliphatic heterocycles. The Bertz CT molecular complexity index is 774. The molecule has 2 aromatic carbocycles. The van der Waals surface area contributed by atoms with Crippen molar-refractivity contribution in [3.63, 3.8) is 0 Å². The summed E-state index contributed by atoms with van der Waals surface area (Å²) in [5.41, 5.74) is 3.82. The highest BCUT2D eigenvalue weighted by Crippen LogP contribution is 2.16. The number of hydrogen-bond acceptors (Lipinski definition) is 3. The molecule has 2 aromatic rings. The highest BCUT2D eigenvalue weighted by molar-refractivity contribution is 6.08. The number of rotatable bonds is 4. The Labute approximate surface area is 134 Å². The molecule has 0 heterocycles. The summed E-state index contributed by atoms with van der Waals surface area (Å²) in [6.45, 7) is 3.88. The topological polar surface area (TPSA) is 82.0 Å². The molecule has 0 saturated carbocycles. The average Bonchev–Trinajstić information content (AvgIpc) is 2.50. The standard InChI is InChI=1S/C18H17N3O2/c1-12-3-8-16(13(2)9-12)21-18(23)10-17(22)20-15-6-4-14(11-19)5-7-15/h3-9H,10H2,1-2H3,(H,20,22)(H,21,23). The molecule has 23 heavy (non-hydrogen) atoms. The second-order valence-electron chi connectivity index (χ2n) is 5.28. The van der Waals surface area contributed by atoms with Crippen LogP contribution in [-0.4, -0.2) is 11.8 Å². The Morgan fingerprint density at radius 1 is 1.00 bits per heavy atom. The van der Waals surface area contributed by atoms with Gasteiger partial charge in [-0.05, 0) is 49.7 Å². The molecule has 0 atom stereocenters. The third-order valence-electron chi connectivity index (χ3n) is 3.27. The number of anilines is 2. The number of amides is 2. The van der Waals surface area contributed by atoms with Crippen molar-refractivity contribution in [2.24, 2.45) is 0 Å². The van der Waals surface area contributed by atoms with Crippen LogP contribution >= 0.6 is 0 Å². The molecular formula is C18H17N3O2. The molecule has 0 radical (unpaired) electrons. The second-order valence-corrected chi connectivity index (χ2v) is 5.28. The fraction of sp³-hybridized carbons (Fsp3) is 0.167. The number of aryl methyl sites for hydroxylation is 2. The maximum absolute atomic E-state index is 11.9. The van der Waals surface area contributed by atoms with Crippen molar-refractivity contribution in [1.29, 1.82) is 5.26 Å². The first-order chi connectivity index (χ1) is 11.0. The molecule has 0 aliphatic rings. The van der Waals surface area contributed by atoms with E-state index in [4.69, 9.17) is 5.26 Å². The molecule has 0 spiro atoms. The van der Waals surface area contributed by atoms with Gasteiger partial charge in [-0.15, -0.1) is 0 Å². The molecule has 2 N–H and O–H groups in total. The quantitative estimate of drug-likeness (QED) is 0.851. The predicted octanol–water partition coefficient (Wildman–Crippen LogP) is 3.14. The van der Waals surface area contributed by atoms with Crippen LogP contribution in [0.25, 0.3) is 0 Å². The number of nitrogens with one attached hydrogen (secondary N) is 2. The lowest BCUT2D eigenvalue weighted by molar-refractivity contribution is -0.123. The van der Waals surface area contributed by atoms with Gasteiger partial charge in [0.05, 0.1) is 11.6 Å². The smallest absolute Gasteiger partial charge is 0.233 e. The van der Waals surface area contributed by atoms with Crippen LogP contribution in [0.3, 0.4) is 0 Å². The van der Waals surface area contributed by atoms with Gasteiger partial charge in [0.2, 0.25) is 11.8 Å². The van der Waals surface area contributed by atoms with E-state index in [2.05, 4.69) is 10.6 Å². The second kappa shape index (κ2) is 7.23. The van der Waals surface area contributed by atoms with Crippen molar-refractivity contribution < 1.29 is 9.59 Å². The summed E-state index contributed by atoms with van der Waals surface area (Å²) in [7, 11) is 0. The fourth-order valence-electron chi connectivity index (χ4n) is 2.13. The SMILES string of the molecule is Cc1ccc(NC(=O)CC(=O)Nc2ccc(C#N)cc2)c(C)c1. The normalized spacial score (nSPS) is 9.78. The van der Waals surface area contributed by atoms with Gasteiger partial charge in [0, 0.05) is 11.4 Å². The zero-order chi connectivity index (χ0) is 16.8. The lowest BCUT2D eigenvalue weighted by Crippen LogP contribution is -2.21. The third kappa shape index (κ3) is 4.68. The number of nitriles is 1. The summed E-state index contributed by atoms with van der Waals surface area (Å²) in [6, 6.07) is 14.1. The Morgan fingerprint density at radius 3 is 2.26 bits per heavy atom. The van der Waals surface area contributed by atoms with Gasteiger partial charge in [-0.25, -0.2) is 0 Å². The molecule has 116 valence electrons. The number of nitrogens with zero attached hydrogens (tertiary/aromatic N) is 1. The maximum atomic E-state index is 11.9. The van der Waals surface area contributed by atoms with Crippen LogP contribution in [0.1, 0.15) is 23.1 Å².